The molecule has 4 nitrogen and oxygen atoms in total. The number of sulfonamides is 1. The van der Waals surface area contributed by atoms with Crippen molar-refractivity contribution in [3.05, 3.63) is 0 Å². The van der Waals surface area contributed by atoms with Crippen LogP contribution in [-0.4, -0.2) is 42.8 Å². The molecule has 1 aliphatic heterocycles. The lowest BCUT2D eigenvalue weighted by molar-refractivity contribution is -0.000357. The van der Waals surface area contributed by atoms with Gasteiger partial charge < -0.3 is 5.11 Å². The second kappa shape index (κ2) is 4.63. The minimum Gasteiger partial charge on any atom is -0.392 e. The van der Waals surface area contributed by atoms with E-state index in [1.165, 1.54) is 4.31 Å². The van der Waals surface area contributed by atoms with Crippen molar-refractivity contribution in [1.29, 1.82) is 0 Å². The maximum Gasteiger partial charge on any atom is 0.214 e. The fraction of sp³-hybridized carbons (Fsp3) is 1.00. The number of hydrogen-bond acceptors (Lipinski definition) is 3. The van der Waals surface area contributed by atoms with Crippen LogP contribution in [0, 0.1) is 11.3 Å². The SMILES string of the molecule is CC(C)CS(=O)(=O)N1CCC(O)C(C)(C)C1. The summed E-state index contributed by atoms with van der Waals surface area (Å²) in [6, 6.07) is 0. The van der Waals surface area contributed by atoms with Gasteiger partial charge >= 0.3 is 0 Å². The standard InChI is InChI=1S/C11H23NO3S/c1-9(2)7-16(14,15)12-6-5-10(13)11(3,4)8-12/h9-10,13H,5-8H2,1-4H3. The minimum atomic E-state index is -3.15. The number of piperidine rings is 1. The smallest absolute Gasteiger partial charge is 0.214 e. The third-order valence-electron chi connectivity index (χ3n) is 3.08. The molecule has 0 bridgehead atoms. The highest BCUT2D eigenvalue weighted by atomic mass is 32.2. The topological polar surface area (TPSA) is 57.6 Å². The minimum absolute atomic E-state index is 0.139. The number of aliphatic hydroxyl groups is 1. The number of rotatable bonds is 3. The molecule has 16 heavy (non-hydrogen) atoms. The molecule has 1 fully saturated rings. The van der Waals surface area contributed by atoms with E-state index in [0.29, 0.717) is 19.5 Å². The van der Waals surface area contributed by atoms with Crippen LogP contribution in [0.5, 0.6) is 0 Å². The van der Waals surface area contributed by atoms with Gasteiger partial charge in [-0.15, -0.1) is 0 Å². The molecule has 1 aliphatic rings. The van der Waals surface area contributed by atoms with Gasteiger partial charge in [0, 0.05) is 18.5 Å². The maximum absolute atomic E-state index is 12.0. The third kappa shape index (κ3) is 3.18. The molecule has 0 radical (unpaired) electrons. The van der Waals surface area contributed by atoms with E-state index in [1.54, 1.807) is 0 Å². The lowest BCUT2D eigenvalue weighted by atomic mass is 9.82. The Hall–Kier alpha value is -0.130. The Morgan fingerprint density at radius 3 is 2.44 bits per heavy atom. The summed E-state index contributed by atoms with van der Waals surface area (Å²) in [4.78, 5) is 0. The molecule has 0 aromatic rings. The number of nitrogens with zero attached hydrogens (tertiary/aromatic N) is 1. The summed E-state index contributed by atoms with van der Waals surface area (Å²) >= 11 is 0. The van der Waals surface area contributed by atoms with Crippen molar-refractivity contribution in [1.82, 2.24) is 4.31 Å². The Kier molecular flexibility index (Phi) is 4.03. The predicted molar refractivity (Wildman–Crippen MR) is 64.6 cm³/mol. The molecule has 0 aromatic heterocycles. The first-order valence-electron chi connectivity index (χ1n) is 5.81. The van der Waals surface area contributed by atoms with Crippen LogP contribution in [0.2, 0.25) is 0 Å². The molecular formula is C11H23NO3S. The van der Waals surface area contributed by atoms with E-state index < -0.39 is 16.1 Å². The van der Waals surface area contributed by atoms with Crippen LogP contribution in [0.1, 0.15) is 34.1 Å². The van der Waals surface area contributed by atoms with Gasteiger partial charge in [-0.1, -0.05) is 27.7 Å². The first-order valence-corrected chi connectivity index (χ1v) is 7.42. The van der Waals surface area contributed by atoms with Crippen LogP contribution in [0.3, 0.4) is 0 Å². The number of aliphatic hydroxyl groups excluding tert-OH is 1. The van der Waals surface area contributed by atoms with Gasteiger partial charge in [0.1, 0.15) is 0 Å². The lowest BCUT2D eigenvalue weighted by Gasteiger charge is -2.41. The Balaban J connectivity index is 2.76. The zero-order chi connectivity index (χ0) is 12.6. The summed E-state index contributed by atoms with van der Waals surface area (Å²) in [5.41, 5.74) is -0.345. The van der Waals surface area contributed by atoms with Gasteiger partial charge in [0.15, 0.2) is 0 Å². The van der Waals surface area contributed by atoms with Crippen molar-refractivity contribution in [2.45, 2.75) is 40.2 Å². The van der Waals surface area contributed by atoms with Crippen molar-refractivity contribution < 1.29 is 13.5 Å². The van der Waals surface area contributed by atoms with E-state index >= 15 is 0 Å². The van der Waals surface area contributed by atoms with E-state index in [2.05, 4.69) is 0 Å². The molecule has 0 spiro atoms. The van der Waals surface area contributed by atoms with Gasteiger partial charge in [0.25, 0.3) is 0 Å². The molecule has 1 rings (SSSR count). The van der Waals surface area contributed by atoms with Gasteiger partial charge in [-0.25, -0.2) is 12.7 Å². The summed E-state index contributed by atoms with van der Waals surface area (Å²) in [7, 11) is -3.15. The van der Waals surface area contributed by atoms with Crippen molar-refractivity contribution in [3.63, 3.8) is 0 Å². The molecule has 5 heteroatoms. The fourth-order valence-corrected chi connectivity index (χ4v) is 4.03. The van der Waals surface area contributed by atoms with Crippen LogP contribution in [0.15, 0.2) is 0 Å². The van der Waals surface area contributed by atoms with Crippen molar-refractivity contribution in [3.8, 4) is 0 Å². The first-order chi connectivity index (χ1) is 7.15. The second-order valence-electron chi connectivity index (χ2n) is 5.80. The molecule has 1 saturated heterocycles. The Labute approximate surface area is 98.7 Å². The monoisotopic (exact) mass is 249 g/mol. The Bertz CT molecular complexity index is 335. The normalized spacial score (nSPS) is 27.2. The van der Waals surface area contributed by atoms with Crippen LogP contribution < -0.4 is 0 Å². The zero-order valence-corrected chi connectivity index (χ0v) is 11.4. The average Bonchev–Trinajstić information content (AvgIpc) is 2.07. The fourth-order valence-electron chi connectivity index (χ4n) is 2.06. The summed E-state index contributed by atoms with van der Waals surface area (Å²) in [6.45, 7) is 8.50. The van der Waals surface area contributed by atoms with E-state index in [1.807, 2.05) is 27.7 Å². The van der Waals surface area contributed by atoms with E-state index in [0.717, 1.165) is 0 Å². The summed E-state index contributed by atoms with van der Waals surface area (Å²) in [6.07, 6.45) is 0.127. The molecule has 0 aliphatic carbocycles. The third-order valence-corrected chi connectivity index (χ3v) is 5.26. The van der Waals surface area contributed by atoms with Gasteiger partial charge in [0.05, 0.1) is 11.9 Å². The molecule has 1 atom stereocenters. The quantitative estimate of drug-likeness (QED) is 0.814. The average molecular weight is 249 g/mol. The molecule has 1 N–H and O–H groups in total. The van der Waals surface area contributed by atoms with Crippen LogP contribution >= 0.6 is 0 Å². The van der Waals surface area contributed by atoms with Crippen molar-refractivity contribution in [2.24, 2.45) is 11.3 Å². The zero-order valence-electron chi connectivity index (χ0n) is 10.6. The highest BCUT2D eigenvalue weighted by Crippen LogP contribution is 2.30. The molecule has 96 valence electrons. The highest BCUT2D eigenvalue weighted by Gasteiger charge is 2.39. The van der Waals surface area contributed by atoms with Gasteiger partial charge in [-0.3, -0.25) is 0 Å². The summed E-state index contributed by atoms with van der Waals surface area (Å²) in [5.74, 6) is 0.332. The van der Waals surface area contributed by atoms with Crippen molar-refractivity contribution >= 4 is 10.0 Å². The van der Waals surface area contributed by atoms with Gasteiger partial charge in [-0.2, -0.15) is 0 Å². The first kappa shape index (κ1) is 13.9. The molecule has 0 aromatic carbocycles. The predicted octanol–water partition coefficient (Wildman–Crippen LogP) is 1.06. The molecular weight excluding hydrogens is 226 g/mol. The van der Waals surface area contributed by atoms with Gasteiger partial charge in [-0.05, 0) is 12.3 Å². The largest absolute Gasteiger partial charge is 0.392 e. The maximum atomic E-state index is 12.0. The van der Waals surface area contributed by atoms with Crippen LogP contribution in [0.4, 0.5) is 0 Å². The van der Waals surface area contributed by atoms with Crippen LogP contribution in [0.25, 0.3) is 0 Å². The van der Waals surface area contributed by atoms with Crippen molar-refractivity contribution in [2.75, 3.05) is 18.8 Å². The number of hydrogen-bond donors (Lipinski definition) is 1. The molecule has 0 saturated carbocycles. The second-order valence-corrected chi connectivity index (χ2v) is 7.81. The Morgan fingerprint density at radius 2 is 2.00 bits per heavy atom. The van der Waals surface area contributed by atoms with E-state index in [9.17, 15) is 13.5 Å². The van der Waals surface area contributed by atoms with Gasteiger partial charge in [0.2, 0.25) is 10.0 Å². The molecule has 1 heterocycles. The van der Waals surface area contributed by atoms with Crippen LogP contribution in [-0.2, 0) is 10.0 Å². The highest BCUT2D eigenvalue weighted by molar-refractivity contribution is 7.89. The summed E-state index contributed by atoms with van der Waals surface area (Å²) < 4.78 is 25.6. The van der Waals surface area contributed by atoms with E-state index in [4.69, 9.17) is 0 Å². The molecule has 1 unspecified atom stereocenters. The Morgan fingerprint density at radius 1 is 1.44 bits per heavy atom. The lowest BCUT2D eigenvalue weighted by Crippen LogP contribution is -2.51. The molecule has 0 amide bonds. The summed E-state index contributed by atoms with van der Waals surface area (Å²) in [5, 5.41) is 9.78. The van der Waals surface area contributed by atoms with E-state index in [-0.39, 0.29) is 17.1 Å².